The molecule has 0 spiro atoms. The Bertz CT molecular complexity index is 490. The highest BCUT2D eigenvalue weighted by Gasteiger charge is 2.08. The quantitative estimate of drug-likeness (QED) is 0.642. The fourth-order valence-corrected chi connectivity index (χ4v) is 3.16. The fraction of sp³-hybridized carbons (Fsp3) is 0.200. The molecule has 0 aliphatic heterocycles. The van der Waals surface area contributed by atoms with E-state index >= 15 is 0 Å². The van der Waals surface area contributed by atoms with E-state index in [1.807, 2.05) is 0 Å². The fourth-order valence-electron chi connectivity index (χ4n) is 1.76. The van der Waals surface area contributed by atoms with Crippen LogP contribution < -0.4 is 5.73 Å². The SMILES string of the molecule is Cc1cc(C)c2c(ccn2SI)c1N. The average molecular weight is 318 g/mol. The van der Waals surface area contributed by atoms with E-state index in [1.165, 1.54) is 11.1 Å². The second kappa shape index (κ2) is 3.66. The minimum absolute atomic E-state index is 0.898. The number of nitrogens with zero attached hydrogens (tertiary/aromatic N) is 1. The lowest BCUT2D eigenvalue weighted by atomic mass is 10.1. The number of aryl methyl sites for hydroxylation is 2. The largest absolute Gasteiger partial charge is 0.398 e. The lowest BCUT2D eigenvalue weighted by Crippen LogP contribution is -1.93. The van der Waals surface area contributed by atoms with Gasteiger partial charge in [-0.3, -0.25) is 3.97 Å². The van der Waals surface area contributed by atoms with E-state index in [0.29, 0.717) is 0 Å². The van der Waals surface area contributed by atoms with Gasteiger partial charge in [-0.15, -0.1) is 0 Å². The van der Waals surface area contributed by atoms with Gasteiger partial charge in [0.05, 0.1) is 5.52 Å². The zero-order chi connectivity index (χ0) is 10.3. The van der Waals surface area contributed by atoms with Gasteiger partial charge in [-0.05, 0) is 31.0 Å². The molecule has 0 saturated heterocycles. The molecule has 0 amide bonds. The van der Waals surface area contributed by atoms with Crippen molar-refractivity contribution in [2.45, 2.75) is 13.8 Å². The number of aromatic nitrogens is 1. The van der Waals surface area contributed by atoms with Crippen molar-refractivity contribution in [1.29, 1.82) is 0 Å². The van der Waals surface area contributed by atoms with E-state index in [-0.39, 0.29) is 0 Å². The van der Waals surface area contributed by atoms with Crippen LogP contribution in [0.3, 0.4) is 0 Å². The van der Waals surface area contributed by atoms with Crippen molar-refractivity contribution >= 4 is 46.9 Å². The molecule has 4 heteroatoms. The summed E-state index contributed by atoms with van der Waals surface area (Å²) in [6.45, 7) is 4.18. The predicted octanol–water partition coefficient (Wildman–Crippen LogP) is 3.69. The Morgan fingerprint density at radius 1 is 1.36 bits per heavy atom. The number of nitrogen functional groups attached to an aromatic ring is 1. The van der Waals surface area contributed by atoms with Crippen molar-refractivity contribution in [3.63, 3.8) is 0 Å². The van der Waals surface area contributed by atoms with Gasteiger partial charge in [-0.1, -0.05) is 6.07 Å². The summed E-state index contributed by atoms with van der Waals surface area (Å²) in [7, 11) is 1.66. The summed E-state index contributed by atoms with van der Waals surface area (Å²) >= 11 is 2.27. The number of fused-ring (bicyclic) bond motifs is 1. The zero-order valence-corrected chi connectivity index (χ0v) is 11.0. The maximum Gasteiger partial charge on any atom is 0.0648 e. The molecule has 0 radical (unpaired) electrons. The molecule has 0 aliphatic rings. The molecule has 0 bridgehead atoms. The molecule has 0 atom stereocenters. The van der Waals surface area contributed by atoms with Crippen molar-refractivity contribution in [2.24, 2.45) is 0 Å². The monoisotopic (exact) mass is 318 g/mol. The first-order chi connectivity index (χ1) is 6.65. The van der Waals surface area contributed by atoms with Gasteiger partial charge < -0.3 is 5.73 Å². The van der Waals surface area contributed by atoms with Crippen LogP contribution in [0, 0.1) is 13.8 Å². The van der Waals surface area contributed by atoms with E-state index in [9.17, 15) is 0 Å². The maximum absolute atomic E-state index is 6.03. The topological polar surface area (TPSA) is 30.9 Å². The molecular formula is C10H11IN2S. The summed E-state index contributed by atoms with van der Waals surface area (Å²) in [6.07, 6.45) is 2.06. The Labute approximate surface area is 99.6 Å². The van der Waals surface area contributed by atoms with Crippen molar-refractivity contribution in [1.82, 2.24) is 3.97 Å². The van der Waals surface area contributed by atoms with Crippen LogP contribution in [-0.4, -0.2) is 3.97 Å². The maximum atomic E-state index is 6.03. The lowest BCUT2D eigenvalue weighted by Gasteiger charge is -2.07. The molecular weight excluding hydrogens is 307 g/mol. The Morgan fingerprint density at radius 2 is 2.07 bits per heavy atom. The molecule has 1 aromatic carbocycles. The predicted molar refractivity (Wildman–Crippen MR) is 72.8 cm³/mol. The van der Waals surface area contributed by atoms with Gasteiger partial charge in [-0.2, -0.15) is 0 Å². The summed E-state index contributed by atoms with van der Waals surface area (Å²) in [5.41, 5.74) is 10.6. The van der Waals surface area contributed by atoms with E-state index < -0.39 is 0 Å². The molecule has 74 valence electrons. The third kappa shape index (κ3) is 1.40. The van der Waals surface area contributed by atoms with Crippen LogP contribution in [0.2, 0.25) is 0 Å². The summed E-state index contributed by atoms with van der Waals surface area (Å²) in [5.74, 6) is 0. The first-order valence-electron chi connectivity index (χ1n) is 4.31. The van der Waals surface area contributed by atoms with Crippen LogP contribution in [0.4, 0.5) is 5.69 Å². The molecule has 2 rings (SSSR count). The van der Waals surface area contributed by atoms with Crippen molar-refractivity contribution < 1.29 is 0 Å². The number of anilines is 1. The van der Waals surface area contributed by atoms with Gasteiger partial charge >= 0.3 is 0 Å². The van der Waals surface area contributed by atoms with Crippen LogP contribution >= 0.6 is 30.3 Å². The molecule has 2 aromatic rings. The van der Waals surface area contributed by atoms with Crippen LogP contribution in [0.1, 0.15) is 11.1 Å². The standard InChI is InChI=1S/C10H11IN2S/c1-6-5-7(2)10-8(9(6)12)3-4-13(10)14-11/h3-5H,12H2,1-2H3. The average Bonchev–Trinajstić information content (AvgIpc) is 2.58. The van der Waals surface area contributed by atoms with Gasteiger partial charge in [-0.25, -0.2) is 0 Å². The number of rotatable bonds is 1. The van der Waals surface area contributed by atoms with Crippen LogP contribution in [0.25, 0.3) is 10.9 Å². The van der Waals surface area contributed by atoms with Crippen molar-refractivity contribution in [3.8, 4) is 0 Å². The van der Waals surface area contributed by atoms with Crippen molar-refractivity contribution in [3.05, 3.63) is 29.5 Å². The molecule has 0 unspecified atom stereocenters. The van der Waals surface area contributed by atoms with Crippen LogP contribution in [-0.2, 0) is 0 Å². The molecule has 1 aromatic heterocycles. The minimum atomic E-state index is 0.898. The molecule has 2 nitrogen and oxygen atoms in total. The van der Waals surface area contributed by atoms with E-state index in [2.05, 4.69) is 57.4 Å². The molecule has 0 fully saturated rings. The lowest BCUT2D eigenvalue weighted by molar-refractivity contribution is 1.32. The number of benzene rings is 1. The third-order valence-electron chi connectivity index (χ3n) is 2.45. The smallest absolute Gasteiger partial charge is 0.0648 e. The normalized spacial score (nSPS) is 11.1. The Morgan fingerprint density at radius 3 is 2.71 bits per heavy atom. The third-order valence-corrected chi connectivity index (χ3v) is 4.17. The summed E-state index contributed by atoms with van der Waals surface area (Å²) in [4.78, 5) is 0. The molecule has 14 heavy (non-hydrogen) atoms. The van der Waals surface area contributed by atoms with E-state index in [0.717, 1.165) is 16.6 Å². The van der Waals surface area contributed by atoms with Crippen molar-refractivity contribution in [2.75, 3.05) is 5.73 Å². The highest BCUT2D eigenvalue weighted by Crippen LogP contribution is 2.32. The second-order valence-corrected chi connectivity index (χ2v) is 5.11. The molecule has 0 aliphatic carbocycles. The highest BCUT2D eigenvalue weighted by atomic mass is 127. The summed E-state index contributed by atoms with van der Waals surface area (Å²) in [6, 6.07) is 4.22. The molecule has 0 saturated carbocycles. The van der Waals surface area contributed by atoms with Gasteiger partial charge in [0.25, 0.3) is 0 Å². The summed E-state index contributed by atoms with van der Waals surface area (Å²) < 4.78 is 2.14. The Hall–Kier alpha value is -0.360. The van der Waals surface area contributed by atoms with E-state index in [4.69, 9.17) is 5.73 Å². The van der Waals surface area contributed by atoms with Gasteiger partial charge in [0, 0.05) is 47.6 Å². The number of nitrogens with two attached hydrogens (primary N) is 1. The Balaban J connectivity index is 2.90. The number of hydrogen-bond donors (Lipinski definition) is 1. The summed E-state index contributed by atoms with van der Waals surface area (Å²) in [5, 5.41) is 1.16. The number of hydrogen-bond acceptors (Lipinski definition) is 2. The molecule has 2 N–H and O–H groups in total. The second-order valence-electron chi connectivity index (χ2n) is 3.40. The first kappa shape index (κ1) is 10.2. The van der Waals surface area contributed by atoms with Gasteiger partial charge in [0.15, 0.2) is 0 Å². The van der Waals surface area contributed by atoms with Crippen LogP contribution in [0.15, 0.2) is 18.3 Å². The Kier molecular flexibility index (Phi) is 2.66. The first-order valence-corrected chi connectivity index (χ1v) is 7.62. The van der Waals surface area contributed by atoms with Crippen LogP contribution in [0.5, 0.6) is 0 Å². The van der Waals surface area contributed by atoms with Gasteiger partial charge in [0.1, 0.15) is 0 Å². The van der Waals surface area contributed by atoms with E-state index in [1.54, 1.807) is 9.12 Å². The highest BCUT2D eigenvalue weighted by molar-refractivity contribution is 14.2. The zero-order valence-electron chi connectivity index (χ0n) is 8.04. The minimum Gasteiger partial charge on any atom is -0.398 e. The van der Waals surface area contributed by atoms with Gasteiger partial charge in [0.2, 0.25) is 0 Å². The molecule has 1 heterocycles. The number of halogens is 1.